The zero-order valence-electron chi connectivity index (χ0n) is 21.5. The molecule has 1 atom stereocenters. The molecular formula is C26H42F2N2O3. The topological polar surface area (TPSA) is 81.4 Å². The Bertz CT molecular complexity index is 803. The molecule has 188 valence electrons. The predicted octanol–water partition coefficient (Wildman–Crippen LogP) is 5.84. The molecule has 0 aromatic heterocycles. The summed E-state index contributed by atoms with van der Waals surface area (Å²) in [5.41, 5.74) is 7.92. The predicted molar refractivity (Wildman–Crippen MR) is 131 cm³/mol. The minimum Gasteiger partial charge on any atom is -0.402 e. The molecule has 0 radical (unpaired) electrons. The summed E-state index contributed by atoms with van der Waals surface area (Å²) in [6.45, 7) is 19.5. The van der Waals surface area contributed by atoms with Gasteiger partial charge in [0.2, 0.25) is 0 Å². The molecule has 1 rings (SSSR count). The summed E-state index contributed by atoms with van der Waals surface area (Å²) in [7, 11) is 0. The smallest absolute Gasteiger partial charge is 0.273 e. The van der Waals surface area contributed by atoms with E-state index in [4.69, 9.17) is 10.5 Å². The number of carbonyl (C=O) groups is 2. The molecule has 0 aromatic carbocycles. The molecule has 1 heterocycles. The van der Waals surface area contributed by atoms with E-state index in [9.17, 15) is 18.4 Å². The van der Waals surface area contributed by atoms with Crippen molar-refractivity contribution >= 4 is 11.8 Å². The Morgan fingerprint density at radius 1 is 1.18 bits per heavy atom. The Hall–Kier alpha value is -2.28. The first-order valence-corrected chi connectivity index (χ1v) is 11.4. The lowest BCUT2D eigenvalue weighted by atomic mass is 9.93. The molecule has 0 saturated carbocycles. The maximum Gasteiger partial charge on any atom is 0.273 e. The van der Waals surface area contributed by atoms with E-state index in [1.807, 2.05) is 13.8 Å². The van der Waals surface area contributed by atoms with Gasteiger partial charge in [-0.25, -0.2) is 8.78 Å². The average Bonchev–Trinajstić information content (AvgIpc) is 2.95. The number of nitrogens with one attached hydrogen (secondary N) is 1. The van der Waals surface area contributed by atoms with E-state index in [1.54, 1.807) is 19.9 Å². The quantitative estimate of drug-likeness (QED) is 0.240. The molecule has 2 amide bonds. The van der Waals surface area contributed by atoms with E-state index < -0.39 is 5.92 Å². The Kier molecular flexibility index (Phi) is 12.5. The van der Waals surface area contributed by atoms with Gasteiger partial charge in [0.25, 0.3) is 17.7 Å². The Balaban J connectivity index is 0.000000621. The first-order valence-electron chi connectivity index (χ1n) is 11.4. The van der Waals surface area contributed by atoms with E-state index in [2.05, 4.69) is 32.7 Å². The molecule has 3 N–H and O–H groups in total. The summed E-state index contributed by atoms with van der Waals surface area (Å²) < 4.78 is 32.6. The lowest BCUT2D eigenvalue weighted by Crippen LogP contribution is -2.24. The Morgan fingerprint density at radius 2 is 1.76 bits per heavy atom. The molecule has 1 unspecified atom stereocenters. The number of halogens is 2. The van der Waals surface area contributed by atoms with Crippen LogP contribution in [0.15, 0.2) is 46.7 Å². The van der Waals surface area contributed by atoms with Crippen LogP contribution < -0.4 is 11.1 Å². The average molecular weight is 469 g/mol. The molecule has 7 heteroatoms. The van der Waals surface area contributed by atoms with Crippen molar-refractivity contribution in [2.75, 3.05) is 13.2 Å². The highest BCUT2D eigenvalue weighted by atomic mass is 19.3. The normalized spacial score (nSPS) is 16.4. The lowest BCUT2D eigenvalue weighted by Gasteiger charge is -2.18. The van der Waals surface area contributed by atoms with Gasteiger partial charge in [0.15, 0.2) is 0 Å². The van der Waals surface area contributed by atoms with Crippen LogP contribution in [-0.2, 0) is 14.3 Å². The van der Waals surface area contributed by atoms with Gasteiger partial charge < -0.3 is 10.5 Å². The summed E-state index contributed by atoms with van der Waals surface area (Å²) >= 11 is 0. The van der Waals surface area contributed by atoms with Crippen LogP contribution >= 0.6 is 0 Å². The van der Waals surface area contributed by atoms with E-state index in [0.717, 1.165) is 12.8 Å². The highest BCUT2D eigenvalue weighted by Gasteiger charge is 2.31. The summed E-state index contributed by atoms with van der Waals surface area (Å²) in [5, 5.41) is 2.24. The van der Waals surface area contributed by atoms with Gasteiger partial charge in [0.1, 0.15) is 0 Å². The van der Waals surface area contributed by atoms with Gasteiger partial charge in [-0.1, -0.05) is 54.2 Å². The monoisotopic (exact) mass is 468 g/mol. The van der Waals surface area contributed by atoms with Crippen molar-refractivity contribution in [1.82, 2.24) is 5.32 Å². The first-order chi connectivity index (χ1) is 15.1. The zero-order chi connectivity index (χ0) is 26.0. The van der Waals surface area contributed by atoms with Crippen molar-refractivity contribution in [2.24, 2.45) is 17.1 Å². The second kappa shape index (κ2) is 13.4. The van der Waals surface area contributed by atoms with Gasteiger partial charge in [-0.3, -0.25) is 14.9 Å². The minimum absolute atomic E-state index is 0.0359. The second-order valence-electron chi connectivity index (χ2n) is 9.64. The van der Waals surface area contributed by atoms with Crippen LogP contribution in [0.4, 0.5) is 8.78 Å². The van der Waals surface area contributed by atoms with Gasteiger partial charge in [-0.2, -0.15) is 0 Å². The largest absolute Gasteiger partial charge is 0.402 e. The van der Waals surface area contributed by atoms with Crippen LogP contribution in [0.5, 0.6) is 0 Å². The molecule has 0 aromatic rings. The highest BCUT2D eigenvalue weighted by molar-refractivity contribution is 6.19. The van der Waals surface area contributed by atoms with Crippen LogP contribution in [-0.4, -0.2) is 31.0 Å². The third-order valence-corrected chi connectivity index (χ3v) is 5.46. The van der Waals surface area contributed by atoms with Crippen LogP contribution in [0, 0.1) is 11.3 Å². The zero-order valence-corrected chi connectivity index (χ0v) is 21.5. The third-order valence-electron chi connectivity index (χ3n) is 5.46. The van der Waals surface area contributed by atoms with E-state index >= 15 is 0 Å². The molecular weight excluding hydrogens is 426 g/mol. The van der Waals surface area contributed by atoms with E-state index in [-0.39, 0.29) is 41.7 Å². The molecule has 33 heavy (non-hydrogen) atoms. The summed E-state index contributed by atoms with van der Waals surface area (Å²) in [6.07, 6.45) is 4.55. The number of amides is 2. The second-order valence-corrected chi connectivity index (χ2v) is 9.64. The highest BCUT2D eigenvalue weighted by Crippen LogP contribution is 2.32. The van der Waals surface area contributed by atoms with Crippen molar-refractivity contribution in [2.45, 2.75) is 80.6 Å². The Morgan fingerprint density at radius 3 is 2.15 bits per heavy atom. The van der Waals surface area contributed by atoms with Crippen molar-refractivity contribution in [3.63, 3.8) is 0 Å². The summed E-state index contributed by atoms with van der Waals surface area (Å²) in [6, 6.07) is 0. The standard InChI is InChI=1S/C14H23F2N.C12H19NO3/c1-6-11(5)13(17)9-8-12(10(3)4)14(15,16)7-2;1-8-9(11(15)13-10(8)14)7-16-6-5-12(2,3)4/h8-9,11H,3,6-7,17H2,1-2,4-5H3;5-7H2,1-4H3,(H,13,14,15)/b12-8+,13-9+;. The number of allylic oxidation sites excluding steroid dienone is 5. The summed E-state index contributed by atoms with van der Waals surface area (Å²) in [4.78, 5) is 22.5. The summed E-state index contributed by atoms with van der Waals surface area (Å²) in [5.74, 6) is -3.26. The van der Waals surface area contributed by atoms with Crippen LogP contribution in [0.1, 0.15) is 74.7 Å². The number of ether oxygens (including phenoxy) is 1. The van der Waals surface area contributed by atoms with Crippen LogP contribution in [0.25, 0.3) is 0 Å². The SMILES string of the molecule is C=C(C)/C(=C\C=C(\N)C(C)CC)C(F)(F)CC.CC1=C(COCCC(C)(C)C)C(=O)NC1=O. The number of hydrogen-bond acceptors (Lipinski definition) is 4. The van der Waals surface area contributed by atoms with Crippen LogP contribution in [0.3, 0.4) is 0 Å². The number of alkyl halides is 2. The van der Waals surface area contributed by atoms with Crippen molar-refractivity contribution in [3.05, 3.63) is 46.7 Å². The number of rotatable bonds is 10. The number of carbonyl (C=O) groups excluding carboxylic acids is 2. The fourth-order valence-electron chi connectivity index (χ4n) is 2.65. The molecule has 0 fully saturated rings. The van der Waals surface area contributed by atoms with Crippen LogP contribution in [0.2, 0.25) is 0 Å². The first kappa shape index (κ1) is 30.7. The maximum absolute atomic E-state index is 13.6. The molecule has 0 saturated heterocycles. The molecule has 0 spiro atoms. The molecule has 0 aliphatic carbocycles. The van der Waals surface area contributed by atoms with Gasteiger partial charge in [0.05, 0.1) is 12.2 Å². The maximum atomic E-state index is 13.6. The lowest BCUT2D eigenvalue weighted by molar-refractivity contribution is -0.124. The van der Waals surface area contributed by atoms with Crippen molar-refractivity contribution in [3.8, 4) is 0 Å². The number of hydrogen-bond donors (Lipinski definition) is 2. The third kappa shape index (κ3) is 10.9. The number of imide groups is 1. The fourth-order valence-corrected chi connectivity index (χ4v) is 2.65. The Labute approximate surface area is 198 Å². The van der Waals surface area contributed by atoms with E-state index in [0.29, 0.717) is 29.0 Å². The van der Waals surface area contributed by atoms with Gasteiger partial charge in [-0.15, -0.1) is 0 Å². The molecule has 1 aliphatic rings. The molecule has 5 nitrogen and oxygen atoms in total. The van der Waals surface area contributed by atoms with E-state index in [1.165, 1.54) is 13.0 Å². The van der Waals surface area contributed by atoms with Crippen molar-refractivity contribution in [1.29, 1.82) is 0 Å². The minimum atomic E-state index is -2.84. The number of nitrogens with two attached hydrogens (primary N) is 1. The molecule has 1 aliphatic heterocycles. The fraction of sp³-hybridized carbons (Fsp3) is 0.615. The van der Waals surface area contributed by atoms with Gasteiger partial charge >= 0.3 is 0 Å². The van der Waals surface area contributed by atoms with Crippen molar-refractivity contribution < 1.29 is 23.1 Å². The van der Waals surface area contributed by atoms with Gasteiger partial charge in [-0.05, 0) is 49.7 Å². The van der Waals surface area contributed by atoms with Gasteiger partial charge in [0, 0.05) is 29.9 Å². The molecule has 0 bridgehead atoms.